The van der Waals surface area contributed by atoms with Gasteiger partial charge >= 0.3 is 5.97 Å². The number of likely N-dealkylation sites (N-methyl/N-ethyl adjacent to an activating group) is 2. The average molecular weight is 1480 g/mol. The molecule has 1 aliphatic heterocycles. The summed E-state index contributed by atoms with van der Waals surface area (Å²) in [4.78, 5) is 105. The van der Waals surface area contributed by atoms with Crippen LogP contribution in [0.5, 0.6) is 0 Å². The van der Waals surface area contributed by atoms with Gasteiger partial charge in [-0.05, 0) is 20.8 Å². The Labute approximate surface area is 601 Å². The van der Waals surface area contributed by atoms with E-state index in [0.717, 1.165) is 26.3 Å². The number of halogens is 1. The van der Waals surface area contributed by atoms with Crippen LogP contribution in [0.3, 0.4) is 0 Å². The van der Waals surface area contributed by atoms with Crippen molar-refractivity contribution in [3.05, 3.63) is 29.7 Å². The highest BCUT2D eigenvalue weighted by molar-refractivity contribution is 5.85. The molecule has 0 unspecified atom stereocenters. The van der Waals surface area contributed by atoms with Crippen molar-refractivity contribution in [3.8, 4) is 0 Å². The number of morpholine rings is 1. The Morgan fingerprint density at radius 2 is 0.758 bits per heavy atom. The summed E-state index contributed by atoms with van der Waals surface area (Å²) in [6.45, 7) is 29.2. The number of carbonyl (C=O) groups excluding carboxylic acids is 8. The number of ether oxygens (including phenoxy) is 1. The molecule has 0 aromatic heterocycles. The van der Waals surface area contributed by atoms with Crippen molar-refractivity contribution >= 4 is 64.8 Å². The molecule has 99 heavy (non-hydrogen) atoms. The fourth-order valence-corrected chi connectivity index (χ4v) is 8.34. The van der Waals surface area contributed by atoms with Crippen molar-refractivity contribution in [1.82, 2.24) is 20.2 Å². The summed E-state index contributed by atoms with van der Waals surface area (Å²) >= 11 is 0. The van der Waals surface area contributed by atoms with Crippen LogP contribution in [0.15, 0.2) is 0 Å². The molecule has 0 spiro atoms. The van der Waals surface area contributed by atoms with Gasteiger partial charge in [-0.2, -0.15) is 5.48 Å². The quantitative estimate of drug-likeness (QED) is 0.0120. The Morgan fingerprint density at radius 3 is 1.00 bits per heavy atom. The predicted octanol–water partition coefficient (Wildman–Crippen LogP) is -3.91. The Hall–Kier alpha value is -4.00. The molecule has 1 fully saturated rings. The fourth-order valence-electron chi connectivity index (χ4n) is 8.34. The van der Waals surface area contributed by atoms with Gasteiger partial charge in [0.25, 0.3) is 0 Å². The number of carboxylic acids is 1. The van der Waals surface area contributed by atoms with Crippen LogP contribution >= 0.6 is 12.4 Å². The average Bonchev–Trinajstić information content (AvgIpc) is 0.880. The van der Waals surface area contributed by atoms with E-state index < -0.39 is 5.97 Å². The summed E-state index contributed by atoms with van der Waals surface area (Å²) in [6.07, 6.45) is 0. The van der Waals surface area contributed by atoms with Gasteiger partial charge in [0, 0.05) is 73.9 Å². The first-order valence-electron chi connectivity index (χ1n) is 31.2. The third-order valence-corrected chi connectivity index (χ3v) is 12.1. The van der Waals surface area contributed by atoms with Gasteiger partial charge in [0.15, 0.2) is 29.7 Å². The molecule has 17 N–H and O–H groups in total. The molecular formula is C64H147ClN8O26. The van der Waals surface area contributed by atoms with Crippen molar-refractivity contribution in [1.29, 1.82) is 0 Å². The van der Waals surface area contributed by atoms with Crippen molar-refractivity contribution in [2.75, 3.05) is 258 Å². The molecule has 0 radical (unpaired) electrons. The number of ketones is 7. The molecule has 606 valence electrons. The maximum absolute atomic E-state index is 11.0. The predicted molar refractivity (Wildman–Crippen MR) is 386 cm³/mol. The second-order valence-electron chi connectivity index (χ2n) is 21.9. The number of carbonyl (C=O) groups is 9. The van der Waals surface area contributed by atoms with E-state index in [4.69, 9.17) is 76.4 Å². The number of nitrogens with zero attached hydrogens (tertiary/aromatic N) is 7. The van der Waals surface area contributed by atoms with Gasteiger partial charge in [-0.15, -0.1) is 17.4 Å². The minimum Gasteiger partial charge on any atom is -0.477 e. The number of aliphatic hydroxyl groups excluding tert-OH is 12. The summed E-state index contributed by atoms with van der Waals surface area (Å²) in [5.41, 5.74) is 1.95. The number of hydrogen-bond acceptors (Lipinski definition) is 27. The highest BCUT2D eigenvalue weighted by Crippen LogP contribution is 2.08. The van der Waals surface area contributed by atoms with Crippen LogP contribution < -0.4 is 5.48 Å². The molecule has 35 heteroatoms. The molecular weight excluding hydrogens is 1330 g/mol. The Morgan fingerprint density at radius 1 is 0.434 bits per heavy atom. The molecule has 0 aliphatic carbocycles. The van der Waals surface area contributed by atoms with Crippen molar-refractivity contribution in [2.45, 2.75) is 83.1 Å². The number of aliphatic hydroxyl groups is 12. The second kappa shape index (κ2) is 90.1. The van der Waals surface area contributed by atoms with E-state index in [0.29, 0.717) is 101 Å². The zero-order valence-electron chi connectivity index (χ0n) is 64.2. The second-order valence-corrected chi connectivity index (χ2v) is 21.9. The van der Waals surface area contributed by atoms with Crippen LogP contribution in [0.1, 0.15) is 83.1 Å². The molecule has 0 atom stereocenters. The molecule has 34 nitrogen and oxygen atoms in total. The van der Waals surface area contributed by atoms with Gasteiger partial charge < -0.3 is 129 Å². The van der Waals surface area contributed by atoms with E-state index in [1.54, 1.807) is 18.7 Å². The molecule has 0 aromatic carbocycles. The first-order valence-corrected chi connectivity index (χ1v) is 31.2. The molecule has 1 heterocycles. The molecule has 0 bridgehead atoms. The van der Waals surface area contributed by atoms with Crippen LogP contribution in [0.25, 0.3) is 0 Å². The molecule has 1 saturated heterocycles. The Balaban J connectivity index is -0.0000000620. The van der Waals surface area contributed by atoms with Crippen molar-refractivity contribution in [2.24, 2.45) is 0 Å². The van der Waals surface area contributed by atoms with Crippen molar-refractivity contribution in [3.63, 3.8) is 0 Å². The Bertz CT molecular complexity index is 1770. The first kappa shape index (κ1) is 131. The lowest BCUT2D eigenvalue weighted by atomic mass is 10.2. The summed E-state index contributed by atoms with van der Waals surface area (Å²) < 4.78 is 6.29. The van der Waals surface area contributed by atoms with Gasteiger partial charge in [0.2, 0.25) is 5.91 Å². The van der Waals surface area contributed by atoms with Gasteiger partial charge in [-0.25, -0.2) is 10.1 Å². The number of Topliss-reactive ketones (excluding diaryl/α,β-unsaturated/α-hetero) is 7. The largest absolute Gasteiger partial charge is 0.477 e. The van der Waals surface area contributed by atoms with E-state index in [-0.39, 0.29) is 221 Å². The molecule has 0 saturated carbocycles. The summed E-state index contributed by atoms with van der Waals surface area (Å²) in [5.74, 6) is -0.875. The topological polar surface area (TPSA) is 509 Å². The number of hydrogen-bond donors (Lipinski definition) is 15. The molecule has 1 rings (SSSR count). The van der Waals surface area contributed by atoms with E-state index in [1.165, 1.54) is 46.4 Å². The lowest BCUT2D eigenvalue weighted by Gasteiger charge is -2.36. The third-order valence-electron chi connectivity index (χ3n) is 12.1. The first-order chi connectivity index (χ1) is 43.5. The molecule has 1 aliphatic rings. The number of aliphatic carboxylic acids is 1. The van der Waals surface area contributed by atoms with Gasteiger partial charge in [-0.3, -0.25) is 48.2 Å². The smallest absolute Gasteiger partial charge is 0.359 e. The maximum atomic E-state index is 11.0. The van der Waals surface area contributed by atoms with Crippen LogP contribution in [0.2, 0.25) is 0 Å². The van der Waals surface area contributed by atoms with Crippen molar-refractivity contribution < 1.29 is 148 Å². The van der Waals surface area contributed by atoms with Gasteiger partial charge in [-0.1, -0.05) is 27.7 Å². The summed E-state index contributed by atoms with van der Waals surface area (Å²) in [7, 11) is 5.71. The number of nitrogens with one attached hydrogen (secondary N) is 1. The maximum Gasteiger partial charge on any atom is 0.359 e. The molecule has 0 aromatic rings. The standard InChI is InChI=1S/C9H17NO5.C9H20NO4.C8H18NO3.C7H15NO3.C7H13NO2.C7H16NO2.C6H13NO3.C3H7NO3.2C2H6.4CH3.ClH.H2O/c1-8(13)6-10(2-4-11,3-5-12)7-9(14)15;1-9(14)8-10(2-5-11,3-6-12)4-7-13;1-8(12)7-9(2,3-5-10)4-6-11;1-7(11)6-8(2-4-9)3-5-10;1-7(9)6-8-2-4-10-5-3-8;1-7(10)6-8(2,3)4-5-9;1-6(10)7(2-4-8)3-5-9;1-3(5)2-4-7-6;2*1-2;;;;;;/h11-12H,2-7H2,1H3;11-13H,2-8H2,1H3;10-11H,3-7H2,1-2H3;9-10H,2-6H2,1H3;2-6H2,1H3;9H,4-6H2,1-3H3;8-9H,2-5H2,1H3;4,6H,2H2,1H3;2*1-2H3;4*1H3;1H;1H2/q;2*+1;;;+1;;;;;4*-1;;/p+1. The van der Waals surface area contributed by atoms with E-state index in [2.05, 4.69) is 9.89 Å². The number of carboxylic acid groups (broad SMARTS) is 1. The van der Waals surface area contributed by atoms with E-state index in [9.17, 15) is 43.2 Å². The summed E-state index contributed by atoms with van der Waals surface area (Å²) in [6, 6.07) is 0. The number of rotatable bonds is 41. The van der Waals surface area contributed by atoms with Gasteiger partial charge in [0.05, 0.1) is 133 Å². The van der Waals surface area contributed by atoms with Crippen LogP contribution in [0.4, 0.5) is 0 Å². The zero-order valence-corrected chi connectivity index (χ0v) is 65.1. The fraction of sp³-hybridized carbons (Fsp3) is 0.797. The highest BCUT2D eigenvalue weighted by Gasteiger charge is 2.31. The zero-order chi connectivity index (χ0) is 74.5. The van der Waals surface area contributed by atoms with Crippen LogP contribution in [-0.4, -0.2) is 420 Å². The lowest BCUT2D eigenvalue weighted by Crippen LogP contribution is -2.56. The normalized spacial score (nSPS) is 11.0. The SMILES string of the molecule is CC.CC.CC(=O)CN(CCO)CCO.CC(=O)CN1CCOCC1.CC(=O)CNOO.CC(=O)C[N+](C)(C)CCO.CC(=O)C[N+](C)(CCO)CCO.CC(=O)C[N+](CCO)(CCO)CC(=O)O.CC(=O)C[N+](CCO)(CCO)CCO.CC(=O)N(CCO)CCO.Cl.O.[CH3-].[CH3-].[CH3-].[CH3-]. The Kier molecular flexibility index (Phi) is 119. The monoisotopic (exact) mass is 1480 g/mol. The minimum absolute atomic E-state index is 0. The highest BCUT2D eigenvalue weighted by atomic mass is 35.5. The number of amides is 1. The molecule has 1 amide bonds. The minimum atomic E-state index is -1.04. The van der Waals surface area contributed by atoms with E-state index >= 15 is 0 Å². The van der Waals surface area contributed by atoms with Crippen LogP contribution in [-0.2, 0) is 52.9 Å². The summed E-state index contributed by atoms with van der Waals surface area (Å²) in [5, 5.41) is 121. The lowest BCUT2D eigenvalue weighted by molar-refractivity contribution is -0.921. The van der Waals surface area contributed by atoms with Crippen LogP contribution in [0, 0.1) is 29.7 Å². The van der Waals surface area contributed by atoms with E-state index in [1.807, 2.05) is 54.3 Å². The number of quaternary nitrogens is 4. The number of hydroxylamine groups is 1. The van der Waals surface area contributed by atoms with Gasteiger partial charge in [0.1, 0.15) is 95.9 Å². The third kappa shape index (κ3) is 100.